The Bertz CT molecular complexity index is 917. The highest BCUT2D eigenvalue weighted by atomic mass is 15.2. The Balaban J connectivity index is 0.00000140. The third kappa shape index (κ3) is 4.59. The predicted molar refractivity (Wildman–Crippen MR) is 117 cm³/mol. The number of fused-ring (bicyclic) bond motifs is 2. The Morgan fingerprint density at radius 1 is 1.14 bits per heavy atom. The average Bonchev–Trinajstić information content (AvgIpc) is 3.09. The second-order valence-corrected chi connectivity index (χ2v) is 6.62. The monoisotopic (exact) mass is 377 g/mol. The summed E-state index contributed by atoms with van der Waals surface area (Å²) < 4.78 is 0. The van der Waals surface area contributed by atoms with E-state index in [-0.39, 0.29) is 20.9 Å². The van der Waals surface area contributed by atoms with Gasteiger partial charge in [-0.3, -0.25) is 9.88 Å². The van der Waals surface area contributed by atoms with Crippen LogP contribution in [0.15, 0.2) is 42.6 Å². The maximum atomic E-state index is 5.55. The lowest BCUT2D eigenvalue weighted by Gasteiger charge is -2.33. The first-order valence-corrected chi connectivity index (χ1v) is 9.12. The van der Waals surface area contributed by atoms with Gasteiger partial charge in [-0.05, 0) is 43.0 Å². The Morgan fingerprint density at radius 3 is 2.82 bits per heavy atom. The number of aryl methyl sites for hydroxylation is 1. The molecule has 148 valence electrons. The highest BCUT2D eigenvalue weighted by Gasteiger charge is 2.27. The van der Waals surface area contributed by atoms with Gasteiger partial charge < -0.3 is 10.7 Å². The maximum absolute atomic E-state index is 5.55. The summed E-state index contributed by atoms with van der Waals surface area (Å²) in [5.41, 5.74) is 10.2. The standard InChI is InChI=1S/C21H23N5.2CH4/c22-12-3-4-14-26(15-20-24-17-9-1-2-10-18(17)25-20)19-11-5-7-16-8-6-13-23-21(16)19;;/h1-2,6,8-10,13,19H,5,7,11-12,14-15,22H2,(H,24,25);2*1H4. The summed E-state index contributed by atoms with van der Waals surface area (Å²) in [7, 11) is 0. The average molecular weight is 378 g/mol. The van der Waals surface area contributed by atoms with Crippen LogP contribution in [-0.2, 0) is 13.0 Å². The van der Waals surface area contributed by atoms with Gasteiger partial charge in [0, 0.05) is 6.20 Å². The molecule has 28 heavy (non-hydrogen) atoms. The van der Waals surface area contributed by atoms with Crippen molar-refractivity contribution >= 4 is 11.0 Å². The smallest absolute Gasteiger partial charge is 0.121 e. The fraction of sp³-hybridized carbons (Fsp3) is 0.391. The van der Waals surface area contributed by atoms with Crippen molar-refractivity contribution in [1.29, 1.82) is 0 Å². The molecule has 1 aliphatic carbocycles. The van der Waals surface area contributed by atoms with Gasteiger partial charge in [0.15, 0.2) is 0 Å². The van der Waals surface area contributed by atoms with Crippen LogP contribution in [0.2, 0.25) is 0 Å². The Kier molecular flexibility index (Phi) is 7.74. The zero-order valence-electron chi connectivity index (χ0n) is 14.8. The van der Waals surface area contributed by atoms with E-state index in [1.165, 1.54) is 17.7 Å². The number of hydrogen-bond donors (Lipinski definition) is 2. The molecule has 2 heterocycles. The van der Waals surface area contributed by atoms with Crippen molar-refractivity contribution in [3.05, 3.63) is 59.7 Å². The molecule has 3 N–H and O–H groups in total. The van der Waals surface area contributed by atoms with Gasteiger partial charge in [-0.1, -0.05) is 44.9 Å². The van der Waals surface area contributed by atoms with Gasteiger partial charge in [-0.15, -0.1) is 0 Å². The first-order chi connectivity index (χ1) is 12.8. The van der Waals surface area contributed by atoms with Gasteiger partial charge in [0.25, 0.3) is 0 Å². The molecule has 2 aromatic heterocycles. The minimum atomic E-state index is 0. The summed E-state index contributed by atoms with van der Waals surface area (Å²) in [5.74, 6) is 7.15. The molecule has 0 radical (unpaired) electrons. The van der Waals surface area contributed by atoms with E-state index >= 15 is 0 Å². The second-order valence-electron chi connectivity index (χ2n) is 6.62. The summed E-state index contributed by atoms with van der Waals surface area (Å²) >= 11 is 0. The molecule has 5 heteroatoms. The number of nitrogens with zero attached hydrogens (tertiary/aromatic N) is 3. The molecule has 1 unspecified atom stereocenters. The first kappa shape index (κ1) is 21.6. The van der Waals surface area contributed by atoms with Crippen LogP contribution in [0.5, 0.6) is 0 Å². The van der Waals surface area contributed by atoms with E-state index in [1.54, 1.807) is 0 Å². The molecule has 4 rings (SSSR count). The van der Waals surface area contributed by atoms with E-state index in [0.29, 0.717) is 19.6 Å². The van der Waals surface area contributed by atoms with Crippen molar-refractivity contribution in [3.8, 4) is 11.8 Å². The van der Waals surface area contributed by atoms with Crippen LogP contribution in [0.3, 0.4) is 0 Å². The third-order valence-electron chi connectivity index (χ3n) is 4.91. The van der Waals surface area contributed by atoms with Crippen molar-refractivity contribution in [1.82, 2.24) is 19.9 Å². The molecule has 5 nitrogen and oxygen atoms in total. The van der Waals surface area contributed by atoms with Crippen molar-refractivity contribution in [2.24, 2.45) is 5.73 Å². The van der Waals surface area contributed by atoms with Crippen molar-refractivity contribution < 1.29 is 0 Å². The van der Waals surface area contributed by atoms with Crippen LogP contribution in [0.25, 0.3) is 11.0 Å². The SMILES string of the molecule is C.C.NCC#CCN(Cc1nc2ccccc2[nH]1)C1CCCc2cccnc21. The number of nitrogens with one attached hydrogen (secondary N) is 1. The maximum Gasteiger partial charge on any atom is 0.121 e. The van der Waals surface area contributed by atoms with Crippen LogP contribution in [0.1, 0.15) is 50.8 Å². The zero-order chi connectivity index (χ0) is 17.8. The molecule has 0 fully saturated rings. The Hall–Kier alpha value is -2.68. The normalized spacial score (nSPS) is 15.1. The molecule has 3 aromatic rings. The van der Waals surface area contributed by atoms with Crippen molar-refractivity contribution in [2.75, 3.05) is 13.1 Å². The van der Waals surface area contributed by atoms with Gasteiger partial charge in [-0.25, -0.2) is 4.98 Å². The fourth-order valence-electron chi connectivity index (χ4n) is 3.72. The van der Waals surface area contributed by atoms with E-state index in [0.717, 1.165) is 29.7 Å². The molecule has 0 saturated heterocycles. The summed E-state index contributed by atoms with van der Waals surface area (Å²) in [6.45, 7) is 1.77. The molecule has 0 amide bonds. The molecule has 1 aromatic carbocycles. The topological polar surface area (TPSA) is 70.8 Å². The molecule has 0 saturated carbocycles. The minimum absolute atomic E-state index is 0. The van der Waals surface area contributed by atoms with E-state index < -0.39 is 0 Å². The third-order valence-corrected chi connectivity index (χ3v) is 4.91. The molecular formula is C23H31N5. The van der Waals surface area contributed by atoms with Crippen molar-refractivity contribution in [3.63, 3.8) is 0 Å². The summed E-state index contributed by atoms with van der Waals surface area (Å²) in [4.78, 5) is 15.2. The minimum Gasteiger partial charge on any atom is -0.341 e. The van der Waals surface area contributed by atoms with E-state index in [1.807, 2.05) is 30.5 Å². The zero-order valence-corrected chi connectivity index (χ0v) is 14.8. The largest absolute Gasteiger partial charge is 0.341 e. The van der Waals surface area contributed by atoms with Crippen LogP contribution in [0, 0.1) is 11.8 Å². The second kappa shape index (κ2) is 10.0. The molecule has 1 atom stereocenters. The fourth-order valence-corrected chi connectivity index (χ4v) is 3.72. The molecule has 0 spiro atoms. The molecule has 0 aliphatic heterocycles. The summed E-state index contributed by atoms with van der Waals surface area (Å²) in [5, 5.41) is 0. The number of aromatic nitrogens is 3. The molecule has 0 bridgehead atoms. The van der Waals surface area contributed by atoms with Crippen LogP contribution in [-0.4, -0.2) is 32.9 Å². The van der Waals surface area contributed by atoms with Gasteiger partial charge in [0.2, 0.25) is 0 Å². The van der Waals surface area contributed by atoms with Crippen molar-refractivity contribution in [2.45, 2.75) is 46.7 Å². The first-order valence-electron chi connectivity index (χ1n) is 9.12. The predicted octanol–water partition coefficient (Wildman–Crippen LogP) is 4.07. The van der Waals surface area contributed by atoms with E-state index in [9.17, 15) is 0 Å². The van der Waals surface area contributed by atoms with Gasteiger partial charge >= 0.3 is 0 Å². The van der Waals surface area contributed by atoms with Gasteiger partial charge in [0.05, 0.1) is 42.4 Å². The van der Waals surface area contributed by atoms with E-state index in [4.69, 9.17) is 10.7 Å². The lowest BCUT2D eigenvalue weighted by Crippen LogP contribution is -2.32. The quantitative estimate of drug-likeness (QED) is 0.672. The Morgan fingerprint density at radius 2 is 2.00 bits per heavy atom. The van der Waals surface area contributed by atoms with Crippen LogP contribution < -0.4 is 5.73 Å². The summed E-state index contributed by atoms with van der Waals surface area (Å²) in [6.07, 6.45) is 5.26. The lowest BCUT2D eigenvalue weighted by atomic mass is 9.91. The number of para-hydroxylation sites is 2. The van der Waals surface area contributed by atoms with E-state index in [2.05, 4.69) is 38.8 Å². The van der Waals surface area contributed by atoms with Gasteiger partial charge in [-0.2, -0.15) is 0 Å². The highest BCUT2D eigenvalue weighted by molar-refractivity contribution is 5.74. The molecule has 1 aliphatic rings. The number of hydrogen-bond acceptors (Lipinski definition) is 4. The Labute approximate surface area is 168 Å². The number of benzene rings is 1. The van der Waals surface area contributed by atoms with Gasteiger partial charge in [0.1, 0.15) is 5.82 Å². The van der Waals surface area contributed by atoms with Crippen LogP contribution >= 0.6 is 0 Å². The number of imidazole rings is 1. The number of aromatic amines is 1. The summed E-state index contributed by atoms with van der Waals surface area (Å²) in [6, 6.07) is 12.6. The lowest BCUT2D eigenvalue weighted by molar-refractivity contribution is 0.184. The number of rotatable bonds is 4. The number of H-pyrrole nitrogens is 1. The highest BCUT2D eigenvalue weighted by Crippen LogP contribution is 2.33. The van der Waals surface area contributed by atoms with Crippen LogP contribution in [0.4, 0.5) is 0 Å². The number of pyridine rings is 1. The molecular weight excluding hydrogens is 346 g/mol. The number of nitrogens with two attached hydrogens (primary N) is 1.